The van der Waals surface area contributed by atoms with Crippen molar-refractivity contribution in [1.29, 1.82) is 0 Å². The molecular formula is C18H12ClN5. The van der Waals surface area contributed by atoms with E-state index in [0.29, 0.717) is 11.7 Å². The third-order valence-electron chi connectivity index (χ3n) is 4.33. The number of rotatable bonds is 1. The highest BCUT2D eigenvalue weighted by Crippen LogP contribution is 2.35. The van der Waals surface area contributed by atoms with Crippen LogP contribution in [0.4, 0.5) is 0 Å². The van der Waals surface area contributed by atoms with Gasteiger partial charge in [0.25, 0.3) is 0 Å². The van der Waals surface area contributed by atoms with Crippen LogP contribution in [0, 0.1) is 0 Å². The average Bonchev–Trinajstić information content (AvgIpc) is 3.20. The lowest BCUT2D eigenvalue weighted by atomic mass is 10.0. The maximum atomic E-state index is 6.26. The van der Waals surface area contributed by atoms with Gasteiger partial charge in [-0.2, -0.15) is 5.10 Å². The maximum absolute atomic E-state index is 6.26. The van der Waals surface area contributed by atoms with Gasteiger partial charge in [0, 0.05) is 5.56 Å². The Labute approximate surface area is 143 Å². The number of hydrogen-bond acceptors (Lipinski definition) is 3. The first-order valence-corrected chi connectivity index (χ1v) is 7.99. The second-order valence-corrected chi connectivity index (χ2v) is 6.05. The molecule has 0 N–H and O–H groups in total. The number of hydrogen-bond donors (Lipinski definition) is 0. The molecule has 0 saturated heterocycles. The van der Waals surface area contributed by atoms with E-state index in [1.807, 2.05) is 27.4 Å². The first-order chi connectivity index (χ1) is 11.8. The topological polar surface area (TPSA) is 48.5 Å². The van der Waals surface area contributed by atoms with E-state index < -0.39 is 0 Å². The van der Waals surface area contributed by atoms with Crippen molar-refractivity contribution in [2.24, 2.45) is 0 Å². The summed E-state index contributed by atoms with van der Waals surface area (Å²) in [5.74, 6) is 0.836. The minimum atomic E-state index is 0.497. The van der Waals surface area contributed by atoms with Crippen LogP contribution in [-0.4, -0.2) is 24.3 Å². The average molecular weight is 334 g/mol. The third kappa shape index (κ3) is 1.91. The molecular weight excluding hydrogens is 322 g/mol. The van der Waals surface area contributed by atoms with Crippen LogP contribution in [0.2, 0.25) is 5.15 Å². The van der Waals surface area contributed by atoms with Crippen molar-refractivity contribution in [3.05, 3.63) is 72.0 Å². The number of imidazole rings is 1. The second kappa shape index (κ2) is 5.04. The van der Waals surface area contributed by atoms with Crippen molar-refractivity contribution < 1.29 is 0 Å². The summed E-state index contributed by atoms with van der Waals surface area (Å²) in [6.07, 6.45) is 3.33. The summed E-state index contributed by atoms with van der Waals surface area (Å²) < 4.78 is 3.88. The molecule has 0 fully saturated rings. The van der Waals surface area contributed by atoms with Gasteiger partial charge in [-0.25, -0.2) is 14.6 Å². The fraction of sp³-hybridized carbons (Fsp3) is 0.0556. The third-order valence-corrected chi connectivity index (χ3v) is 4.65. The van der Waals surface area contributed by atoms with Crippen LogP contribution in [0.1, 0.15) is 5.69 Å². The minimum absolute atomic E-state index is 0.497. The van der Waals surface area contributed by atoms with Crippen LogP contribution in [0.5, 0.6) is 0 Å². The summed E-state index contributed by atoms with van der Waals surface area (Å²) in [4.78, 5) is 8.70. The Kier molecular flexibility index (Phi) is 2.84. The molecule has 1 aliphatic rings. The van der Waals surface area contributed by atoms with E-state index in [0.717, 1.165) is 28.3 Å². The number of halogens is 1. The van der Waals surface area contributed by atoms with Crippen LogP contribution in [0.15, 0.2) is 61.2 Å². The van der Waals surface area contributed by atoms with Gasteiger partial charge in [-0.05, 0) is 23.3 Å². The van der Waals surface area contributed by atoms with E-state index >= 15 is 0 Å². The van der Waals surface area contributed by atoms with Crippen molar-refractivity contribution in [2.45, 2.75) is 6.54 Å². The second-order valence-electron chi connectivity index (χ2n) is 5.69. The van der Waals surface area contributed by atoms with Gasteiger partial charge in [0.1, 0.15) is 12.7 Å². The van der Waals surface area contributed by atoms with Crippen LogP contribution < -0.4 is 0 Å². The standard InChI is InChI=1S/C18H12ClN5/c19-17-16-9-24-18(20-10-22-24)14-8-13(12-4-2-1-3-5-12)6-7-15(14)23(16)11-21-17/h1-8,10-11H,9H2. The Morgan fingerprint density at radius 2 is 1.83 bits per heavy atom. The molecule has 3 heterocycles. The monoisotopic (exact) mass is 333 g/mol. The molecule has 116 valence electrons. The minimum Gasteiger partial charge on any atom is -0.299 e. The molecule has 4 aromatic rings. The molecule has 0 spiro atoms. The fourth-order valence-corrected chi connectivity index (χ4v) is 3.36. The molecule has 24 heavy (non-hydrogen) atoms. The summed E-state index contributed by atoms with van der Waals surface area (Å²) in [6.45, 7) is 0.545. The Balaban J connectivity index is 1.80. The number of aromatic nitrogens is 5. The van der Waals surface area contributed by atoms with Gasteiger partial charge >= 0.3 is 0 Å². The van der Waals surface area contributed by atoms with Crippen LogP contribution >= 0.6 is 11.6 Å². The molecule has 2 aromatic heterocycles. The molecule has 0 amide bonds. The molecule has 0 radical (unpaired) electrons. The van der Waals surface area contributed by atoms with Crippen molar-refractivity contribution >= 4 is 11.6 Å². The molecule has 5 nitrogen and oxygen atoms in total. The molecule has 5 rings (SSSR count). The summed E-state index contributed by atoms with van der Waals surface area (Å²) in [7, 11) is 0. The van der Waals surface area contributed by atoms with Crippen molar-refractivity contribution in [2.75, 3.05) is 0 Å². The smallest absolute Gasteiger partial charge is 0.160 e. The lowest BCUT2D eigenvalue weighted by molar-refractivity contribution is 0.677. The molecule has 0 atom stereocenters. The Bertz CT molecular complexity index is 1050. The lowest BCUT2D eigenvalue weighted by Crippen LogP contribution is -2.04. The first kappa shape index (κ1) is 13.5. The predicted molar refractivity (Wildman–Crippen MR) is 92.1 cm³/mol. The van der Waals surface area contributed by atoms with E-state index in [-0.39, 0.29) is 0 Å². The van der Waals surface area contributed by atoms with Gasteiger partial charge in [-0.1, -0.05) is 48.0 Å². The quantitative estimate of drug-likeness (QED) is 0.468. The molecule has 6 heteroatoms. The normalized spacial score (nSPS) is 12.2. The Morgan fingerprint density at radius 1 is 0.958 bits per heavy atom. The van der Waals surface area contributed by atoms with Gasteiger partial charge in [-0.15, -0.1) is 0 Å². The van der Waals surface area contributed by atoms with Crippen LogP contribution in [0.25, 0.3) is 28.2 Å². The molecule has 0 aliphatic carbocycles. The highest BCUT2D eigenvalue weighted by molar-refractivity contribution is 6.30. The highest BCUT2D eigenvalue weighted by Gasteiger charge is 2.23. The largest absolute Gasteiger partial charge is 0.299 e. The van der Waals surface area contributed by atoms with Gasteiger partial charge in [0.15, 0.2) is 11.0 Å². The van der Waals surface area contributed by atoms with E-state index in [1.165, 1.54) is 5.56 Å². The maximum Gasteiger partial charge on any atom is 0.160 e. The fourth-order valence-electron chi connectivity index (χ4n) is 3.17. The van der Waals surface area contributed by atoms with Gasteiger partial charge < -0.3 is 0 Å². The molecule has 2 aromatic carbocycles. The number of fused-ring (bicyclic) bond motifs is 5. The zero-order valence-electron chi connectivity index (χ0n) is 12.6. The Hall–Kier alpha value is -2.92. The molecule has 1 aliphatic heterocycles. The van der Waals surface area contributed by atoms with Gasteiger partial charge in [0.2, 0.25) is 0 Å². The SMILES string of the molecule is Clc1ncn2c1Cn1ncnc1-c1cc(-c3ccccc3)ccc1-2. The summed E-state index contributed by atoms with van der Waals surface area (Å²) in [5, 5.41) is 4.84. The number of nitrogens with zero attached hydrogens (tertiary/aromatic N) is 5. The molecule has 0 bridgehead atoms. The van der Waals surface area contributed by atoms with Gasteiger partial charge in [-0.3, -0.25) is 4.57 Å². The lowest BCUT2D eigenvalue weighted by Gasteiger charge is -2.11. The first-order valence-electron chi connectivity index (χ1n) is 7.61. The zero-order valence-corrected chi connectivity index (χ0v) is 13.4. The van der Waals surface area contributed by atoms with E-state index in [2.05, 4.69) is 45.4 Å². The van der Waals surface area contributed by atoms with E-state index in [9.17, 15) is 0 Å². The van der Waals surface area contributed by atoms with Crippen LogP contribution in [0.3, 0.4) is 0 Å². The summed E-state index contributed by atoms with van der Waals surface area (Å²) in [5.41, 5.74) is 5.24. The summed E-state index contributed by atoms with van der Waals surface area (Å²) in [6, 6.07) is 16.6. The zero-order chi connectivity index (χ0) is 16.1. The summed E-state index contributed by atoms with van der Waals surface area (Å²) >= 11 is 6.26. The van der Waals surface area contributed by atoms with E-state index in [4.69, 9.17) is 11.6 Å². The Morgan fingerprint density at radius 3 is 2.71 bits per heavy atom. The van der Waals surface area contributed by atoms with E-state index in [1.54, 1.807) is 12.7 Å². The van der Waals surface area contributed by atoms with Gasteiger partial charge in [0.05, 0.1) is 17.9 Å². The number of benzene rings is 2. The van der Waals surface area contributed by atoms with Crippen molar-refractivity contribution in [1.82, 2.24) is 24.3 Å². The van der Waals surface area contributed by atoms with Crippen LogP contribution in [-0.2, 0) is 6.54 Å². The predicted octanol–water partition coefficient (Wildman–Crippen LogP) is 3.81. The molecule has 0 saturated carbocycles. The molecule has 0 unspecified atom stereocenters. The van der Waals surface area contributed by atoms with Crippen molar-refractivity contribution in [3.8, 4) is 28.2 Å². The highest BCUT2D eigenvalue weighted by atomic mass is 35.5. The van der Waals surface area contributed by atoms with Crippen molar-refractivity contribution in [3.63, 3.8) is 0 Å².